The van der Waals surface area contributed by atoms with Crippen LogP contribution in [0.1, 0.15) is 348 Å². The van der Waals surface area contributed by atoms with Crippen molar-refractivity contribution in [3.63, 3.8) is 0 Å². The molecular weight excluding hydrogens is 959 g/mol. The fourth-order valence-electron chi connectivity index (χ4n) is 11.2. The molecule has 9 nitrogen and oxygen atoms in total. The highest BCUT2D eigenvalue weighted by Gasteiger charge is 2.44. The van der Waals surface area contributed by atoms with Crippen LogP contribution in [0.5, 0.6) is 0 Å². The number of nitrogens with one attached hydrogen (secondary N) is 1. The summed E-state index contributed by atoms with van der Waals surface area (Å²) in [7, 11) is 0. The first-order chi connectivity index (χ1) is 37.8. The van der Waals surface area contributed by atoms with Gasteiger partial charge >= 0.3 is 0 Å². The van der Waals surface area contributed by atoms with Crippen molar-refractivity contribution in [1.29, 1.82) is 0 Å². The predicted octanol–water partition coefficient (Wildman–Crippen LogP) is 18.1. The minimum absolute atomic E-state index is 0.169. The maximum atomic E-state index is 13.1. The van der Waals surface area contributed by atoms with E-state index in [-0.39, 0.29) is 12.5 Å². The normalized spacial score (nSPS) is 18.8. The number of hydrogen-bond acceptors (Lipinski definition) is 8. The highest BCUT2D eigenvalue weighted by Crippen LogP contribution is 2.23. The van der Waals surface area contributed by atoms with Crippen LogP contribution < -0.4 is 5.32 Å². The SMILES string of the molecule is CCCCCCCCCC/C=C\CCCCCCCCCCCCCCCCCCCCCCCCCCCC(=O)NC(COC1OC(CO)C(O)C(O)C1O)C(O)/C=C/CCCCCCCCCCCCCCCCC. The maximum Gasteiger partial charge on any atom is 0.220 e. The van der Waals surface area contributed by atoms with Crippen molar-refractivity contribution in [2.24, 2.45) is 0 Å². The minimum atomic E-state index is -1.56. The van der Waals surface area contributed by atoms with Gasteiger partial charge in [-0.05, 0) is 44.9 Å². The monoisotopic (exact) mass is 1090 g/mol. The number of unbranched alkanes of at least 4 members (excludes halogenated alkanes) is 48. The summed E-state index contributed by atoms with van der Waals surface area (Å²) >= 11 is 0. The molecule has 77 heavy (non-hydrogen) atoms. The summed E-state index contributed by atoms with van der Waals surface area (Å²) in [6, 6.07) is -0.802. The summed E-state index contributed by atoms with van der Waals surface area (Å²) in [6.45, 7) is 3.82. The van der Waals surface area contributed by atoms with E-state index in [0.29, 0.717) is 6.42 Å². The van der Waals surface area contributed by atoms with Gasteiger partial charge in [-0.3, -0.25) is 4.79 Å². The summed E-state index contributed by atoms with van der Waals surface area (Å²) in [5.74, 6) is -0.169. The molecule has 0 bridgehead atoms. The Bertz CT molecular complexity index is 1260. The molecule has 1 amide bonds. The van der Waals surface area contributed by atoms with Gasteiger partial charge in [0.2, 0.25) is 5.91 Å². The zero-order chi connectivity index (χ0) is 55.8. The third-order valence-electron chi connectivity index (χ3n) is 16.5. The van der Waals surface area contributed by atoms with Gasteiger partial charge in [0.05, 0.1) is 25.4 Å². The summed E-state index contributed by atoms with van der Waals surface area (Å²) in [6.07, 6.45) is 68.6. The molecule has 6 N–H and O–H groups in total. The van der Waals surface area contributed by atoms with Crippen LogP contribution in [-0.2, 0) is 14.3 Å². The van der Waals surface area contributed by atoms with Gasteiger partial charge < -0.3 is 40.3 Å². The zero-order valence-corrected chi connectivity index (χ0v) is 51.0. The van der Waals surface area contributed by atoms with Crippen molar-refractivity contribution in [3.8, 4) is 0 Å². The largest absolute Gasteiger partial charge is 0.394 e. The first kappa shape index (κ1) is 73.7. The number of amides is 1. The van der Waals surface area contributed by atoms with Crippen LogP contribution in [-0.4, -0.2) is 87.5 Å². The second-order valence-corrected chi connectivity index (χ2v) is 24.0. The van der Waals surface area contributed by atoms with Crippen LogP contribution in [0.3, 0.4) is 0 Å². The Kier molecular flexibility index (Phi) is 55.4. The first-order valence-electron chi connectivity index (χ1n) is 34.1. The van der Waals surface area contributed by atoms with E-state index in [1.54, 1.807) is 6.08 Å². The summed E-state index contributed by atoms with van der Waals surface area (Å²) < 4.78 is 11.3. The molecule has 9 heteroatoms. The Morgan fingerprint density at radius 2 is 0.727 bits per heavy atom. The van der Waals surface area contributed by atoms with E-state index >= 15 is 0 Å². The standard InChI is InChI=1S/C68H131NO8/c1-3-5-7-9-11-13-15-17-19-21-22-23-24-25-26-27-28-29-30-31-32-33-34-35-36-37-38-39-40-42-44-46-48-50-52-54-56-58-64(72)69-61(60-76-68-67(75)66(74)65(73)63(59-70)77-68)62(71)57-55-53-51-49-47-45-43-41-20-18-16-14-12-10-8-6-4-2/h21-22,55,57,61-63,65-68,70-71,73-75H,3-20,23-54,56,58-60H2,1-2H3,(H,69,72)/b22-21-,57-55+. The Morgan fingerprint density at radius 1 is 0.429 bits per heavy atom. The third-order valence-corrected chi connectivity index (χ3v) is 16.5. The Hall–Kier alpha value is -1.33. The number of ether oxygens (including phenoxy) is 2. The van der Waals surface area contributed by atoms with Gasteiger partial charge in [-0.2, -0.15) is 0 Å². The van der Waals surface area contributed by atoms with Gasteiger partial charge in [-0.25, -0.2) is 0 Å². The lowest BCUT2D eigenvalue weighted by Gasteiger charge is -2.40. The molecule has 0 aromatic carbocycles. The number of hydrogen-bond donors (Lipinski definition) is 6. The summed E-state index contributed by atoms with van der Waals surface area (Å²) in [5.41, 5.74) is 0. The molecule has 1 rings (SSSR count). The van der Waals surface area contributed by atoms with Crippen LogP contribution in [0.2, 0.25) is 0 Å². The fourth-order valence-corrected chi connectivity index (χ4v) is 11.2. The van der Waals surface area contributed by atoms with Crippen LogP contribution >= 0.6 is 0 Å². The van der Waals surface area contributed by atoms with Crippen molar-refractivity contribution in [2.75, 3.05) is 13.2 Å². The van der Waals surface area contributed by atoms with Gasteiger partial charge in [-0.1, -0.05) is 321 Å². The third kappa shape index (κ3) is 46.9. The van der Waals surface area contributed by atoms with E-state index in [2.05, 4.69) is 31.3 Å². The maximum absolute atomic E-state index is 13.1. The molecule has 1 aliphatic heterocycles. The van der Waals surface area contributed by atoms with Crippen molar-refractivity contribution in [1.82, 2.24) is 5.32 Å². The molecule has 456 valence electrons. The van der Waals surface area contributed by atoms with Gasteiger partial charge in [0.15, 0.2) is 6.29 Å². The summed E-state index contributed by atoms with van der Waals surface area (Å²) in [5, 5.41) is 54.6. The van der Waals surface area contributed by atoms with Gasteiger partial charge in [0, 0.05) is 6.42 Å². The molecule has 0 aromatic rings. The van der Waals surface area contributed by atoms with Gasteiger partial charge in [-0.15, -0.1) is 0 Å². The average molecular weight is 1090 g/mol. The smallest absolute Gasteiger partial charge is 0.220 e. The van der Waals surface area contributed by atoms with E-state index in [1.165, 1.54) is 289 Å². The molecule has 0 aliphatic carbocycles. The Morgan fingerprint density at radius 3 is 1.05 bits per heavy atom. The molecule has 1 saturated heterocycles. The molecule has 1 fully saturated rings. The second-order valence-electron chi connectivity index (χ2n) is 24.0. The summed E-state index contributed by atoms with van der Waals surface area (Å²) in [4.78, 5) is 13.1. The predicted molar refractivity (Wildman–Crippen MR) is 327 cm³/mol. The lowest BCUT2D eigenvalue weighted by Crippen LogP contribution is -2.60. The molecule has 7 unspecified atom stereocenters. The molecule has 7 atom stereocenters. The molecule has 0 radical (unpaired) electrons. The lowest BCUT2D eigenvalue weighted by molar-refractivity contribution is -0.302. The fraction of sp³-hybridized carbons (Fsp3) is 0.926. The van der Waals surface area contributed by atoms with E-state index in [9.17, 15) is 30.3 Å². The van der Waals surface area contributed by atoms with Crippen LogP contribution in [0, 0.1) is 0 Å². The number of rotatable bonds is 60. The Labute approximate surface area is 477 Å². The van der Waals surface area contributed by atoms with Crippen LogP contribution in [0.4, 0.5) is 0 Å². The zero-order valence-electron chi connectivity index (χ0n) is 51.0. The minimum Gasteiger partial charge on any atom is -0.394 e. The van der Waals surface area contributed by atoms with E-state index in [1.807, 2.05) is 6.08 Å². The molecule has 1 heterocycles. The van der Waals surface area contributed by atoms with Crippen molar-refractivity contribution in [2.45, 2.75) is 391 Å². The molecular formula is C68H131NO8. The van der Waals surface area contributed by atoms with E-state index < -0.39 is 49.5 Å². The quantitative estimate of drug-likeness (QED) is 0.0261. The molecule has 1 aliphatic rings. The topological polar surface area (TPSA) is 149 Å². The van der Waals surface area contributed by atoms with Crippen LogP contribution in [0.25, 0.3) is 0 Å². The molecule has 0 spiro atoms. The van der Waals surface area contributed by atoms with E-state index in [4.69, 9.17) is 9.47 Å². The number of aliphatic hydroxyl groups excluding tert-OH is 5. The van der Waals surface area contributed by atoms with Crippen molar-refractivity contribution >= 4 is 5.91 Å². The number of carbonyl (C=O) groups is 1. The van der Waals surface area contributed by atoms with Crippen LogP contribution in [0.15, 0.2) is 24.3 Å². The first-order valence-corrected chi connectivity index (χ1v) is 34.1. The van der Waals surface area contributed by atoms with Gasteiger partial charge in [0.25, 0.3) is 0 Å². The Balaban J connectivity index is 2.06. The van der Waals surface area contributed by atoms with Crippen molar-refractivity contribution in [3.05, 3.63) is 24.3 Å². The van der Waals surface area contributed by atoms with Crippen molar-refractivity contribution < 1.29 is 39.8 Å². The van der Waals surface area contributed by atoms with E-state index in [0.717, 1.165) is 38.5 Å². The number of carbonyl (C=O) groups excluding carboxylic acids is 1. The average Bonchev–Trinajstić information content (AvgIpc) is 3.43. The number of aliphatic hydroxyl groups is 5. The molecule has 0 saturated carbocycles. The highest BCUT2D eigenvalue weighted by molar-refractivity contribution is 5.76. The van der Waals surface area contributed by atoms with Gasteiger partial charge in [0.1, 0.15) is 24.4 Å². The number of allylic oxidation sites excluding steroid dienone is 3. The second kappa shape index (κ2) is 57.9. The highest BCUT2D eigenvalue weighted by atomic mass is 16.7. The molecule has 0 aromatic heterocycles. The lowest BCUT2D eigenvalue weighted by atomic mass is 9.99.